The first kappa shape index (κ1) is 14.3. The molecule has 0 aliphatic carbocycles. The SMILES string of the molecule is Cc1ccc(NS(=O)(=O)c2ccc(F)cc2C)c(O)c1. The molecule has 0 heterocycles. The van der Waals surface area contributed by atoms with E-state index in [1.165, 1.54) is 25.1 Å². The average molecular weight is 295 g/mol. The maximum atomic E-state index is 13.0. The van der Waals surface area contributed by atoms with Crippen LogP contribution in [0.4, 0.5) is 10.1 Å². The molecule has 0 saturated heterocycles. The van der Waals surface area contributed by atoms with Crippen LogP contribution in [0.2, 0.25) is 0 Å². The number of halogens is 1. The molecule has 106 valence electrons. The van der Waals surface area contributed by atoms with Crippen LogP contribution in [0.5, 0.6) is 5.75 Å². The van der Waals surface area contributed by atoms with E-state index >= 15 is 0 Å². The Balaban J connectivity index is 2.41. The van der Waals surface area contributed by atoms with Gasteiger partial charge in [0.2, 0.25) is 0 Å². The topological polar surface area (TPSA) is 66.4 Å². The van der Waals surface area contributed by atoms with Crippen LogP contribution in [0, 0.1) is 19.7 Å². The summed E-state index contributed by atoms with van der Waals surface area (Å²) in [4.78, 5) is -0.0288. The highest BCUT2D eigenvalue weighted by atomic mass is 32.2. The Morgan fingerprint density at radius 1 is 1.10 bits per heavy atom. The van der Waals surface area contributed by atoms with Crippen molar-refractivity contribution in [3.63, 3.8) is 0 Å². The third-order valence-electron chi connectivity index (χ3n) is 2.82. The molecule has 0 atom stereocenters. The molecule has 2 aromatic rings. The van der Waals surface area contributed by atoms with Gasteiger partial charge in [-0.3, -0.25) is 4.72 Å². The first-order valence-corrected chi connectivity index (χ1v) is 7.36. The third-order valence-corrected chi connectivity index (χ3v) is 4.35. The van der Waals surface area contributed by atoms with E-state index in [0.717, 1.165) is 17.7 Å². The van der Waals surface area contributed by atoms with Crippen molar-refractivity contribution in [1.29, 1.82) is 0 Å². The molecule has 0 amide bonds. The smallest absolute Gasteiger partial charge is 0.262 e. The van der Waals surface area contributed by atoms with E-state index in [2.05, 4.69) is 4.72 Å². The largest absolute Gasteiger partial charge is 0.506 e. The molecule has 2 rings (SSSR count). The molecule has 0 radical (unpaired) electrons. The van der Waals surface area contributed by atoms with Crippen molar-refractivity contribution in [3.05, 3.63) is 53.3 Å². The van der Waals surface area contributed by atoms with Crippen LogP contribution in [-0.2, 0) is 10.0 Å². The van der Waals surface area contributed by atoms with Gasteiger partial charge >= 0.3 is 0 Å². The number of sulfonamides is 1. The van der Waals surface area contributed by atoms with Gasteiger partial charge in [-0.25, -0.2) is 12.8 Å². The lowest BCUT2D eigenvalue weighted by Gasteiger charge is -2.12. The summed E-state index contributed by atoms with van der Waals surface area (Å²) in [6.45, 7) is 3.29. The summed E-state index contributed by atoms with van der Waals surface area (Å²) in [6.07, 6.45) is 0. The lowest BCUT2D eigenvalue weighted by atomic mass is 10.2. The van der Waals surface area contributed by atoms with Crippen molar-refractivity contribution < 1.29 is 17.9 Å². The molecule has 4 nitrogen and oxygen atoms in total. The Bertz CT molecular complexity index is 757. The molecule has 20 heavy (non-hydrogen) atoms. The lowest BCUT2D eigenvalue weighted by Crippen LogP contribution is -2.14. The zero-order valence-electron chi connectivity index (χ0n) is 11.0. The first-order valence-electron chi connectivity index (χ1n) is 5.88. The summed E-state index contributed by atoms with van der Waals surface area (Å²) in [7, 11) is -3.87. The summed E-state index contributed by atoms with van der Waals surface area (Å²) in [6, 6.07) is 8.02. The molecular weight excluding hydrogens is 281 g/mol. The summed E-state index contributed by atoms with van der Waals surface area (Å²) < 4.78 is 39.8. The van der Waals surface area contributed by atoms with Crippen LogP contribution >= 0.6 is 0 Å². The standard InChI is InChI=1S/C14H14FNO3S/c1-9-3-5-12(13(17)7-9)16-20(18,19)14-6-4-11(15)8-10(14)2/h3-8,16-17H,1-2H3. The Hall–Kier alpha value is -2.08. The Labute approximate surface area is 116 Å². The number of rotatable bonds is 3. The monoisotopic (exact) mass is 295 g/mol. The van der Waals surface area contributed by atoms with Crippen molar-refractivity contribution in [3.8, 4) is 5.75 Å². The fourth-order valence-electron chi connectivity index (χ4n) is 1.84. The summed E-state index contributed by atoms with van der Waals surface area (Å²) in [5.41, 5.74) is 1.19. The minimum Gasteiger partial charge on any atom is -0.506 e. The number of aromatic hydroxyl groups is 1. The average Bonchev–Trinajstić information content (AvgIpc) is 2.32. The summed E-state index contributed by atoms with van der Waals surface area (Å²) >= 11 is 0. The number of aryl methyl sites for hydroxylation is 2. The normalized spacial score (nSPS) is 11.3. The minimum absolute atomic E-state index is 0.0288. The van der Waals surface area contributed by atoms with Crippen LogP contribution in [0.1, 0.15) is 11.1 Å². The second kappa shape index (κ2) is 5.13. The van der Waals surface area contributed by atoms with E-state index in [1.54, 1.807) is 13.0 Å². The van der Waals surface area contributed by atoms with Gasteiger partial charge in [0, 0.05) is 0 Å². The Morgan fingerprint density at radius 3 is 2.40 bits per heavy atom. The minimum atomic E-state index is -3.87. The summed E-state index contributed by atoms with van der Waals surface area (Å²) in [5.74, 6) is -0.659. The maximum Gasteiger partial charge on any atom is 0.262 e. The predicted molar refractivity (Wildman–Crippen MR) is 74.8 cm³/mol. The van der Waals surface area contributed by atoms with Gasteiger partial charge in [-0.05, 0) is 55.3 Å². The van der Waals surface area contributed by atoms with Crippen LogP contribution in [0.25, 0.3) is 0 Å². The Morgan fingerprint density at radius 2 is 1.80 bits per heavy atom. The molecule has 0 spiro atoms. The van der Waals surface area contributed by atoms with Gasteiger partial charge in [0.15, 0.2) is 0 Å². The number of phenols is 1. The second-order valence-electron chi connectivity index (χ2n) is 4.54. The van der Waals surface area contributed by atoms with E-state index in [1.807, 2.05) is 0 Å². The number of anilines is 1. The van der Waals surface area contributed by atoms with Crippen molar-refractivity contribution >= 4 is 15.7 Å². The highest BCUT2D eigenvalue weighted by molar-refractivity contribution is 7.92. The van der Waals surface area contributed by atoms with E-state index < -0.39 is 15.8 Å². The molecule has 6 heteroatoms. The number of hydrogen-bond acceptors (Lipinski definition) is 3. The third kappa shape index (κ3) is 2.91. The highest BCUT2D eigenvalue weighted by Crippen LogP contribution is 2.27. The second-order valence-corrected chi connectivity index (χ2v) is 6.19. The highest BCUT2D eigenvalue weighted by Gasteiger charge is 2.18. The van der Waals surface area contributed by atoms with Crippen LogP contribution in [0.3, 0.4) is 0 Å². The molecule has 0 saturated carbocycles. The summed E-state index contributed by atoms with van der Waals surface area (Å²) in [5, 5.41) is 9.73. The molecule has 0 unspecified atom stereocenters. The number of benzene rings is 2. The van der Waals surface area contributed by atoms with Gasteiger partial charge in [-0.1, -0.05) is 6.07 Å². The van der Waals surface area contributed by atoms with Gasteiger partial charge in [0.1, 0.15) is 11.6 Å². The van der Waals surface area contributed by atoms with Gasteiger partial charge in [-0.15, -0.1) is 0 Å². The first-order chi connectivity index (χ1) is 9.29. The van der Waals surface area contributed by atoms with Crippen molar-refractivity contribution in [2.75, 3.05) is 4.72 Å². The lowest BCUT2D eigenvalue weighted by molar-refractivity contribution is 0.477. The molecule has 2 aromatic carbocycles. The van der Waals surface area contributed by atoms with Gasteiger partial charge in [0.05, 0.1) is 10.6 Å². The van der Waals surface area contributed by atoms with Crippen LogP contribution in [0.15, 0.2) is 41.3 Å². The molecule has 0 bridgehead atoms. The molecule has 0 aliphatic rings. The maximum absolute atomic E-state index is 13.0. The molecule has 2 N–H and O–H groups in total. The van der Waals surface area contributed by atoms with Crippen molar-refractivity contribution in [2.24, 2.45) is 0 Å². The predicted octanol–water partition coefficient (Wildman–Crippen LogP) is 2.95. The molecular formula is C14H14FNO3S. The van der Waals surface area contributed by atoms with Gasteiger partial charge in [-0.2, -0.15) is 0 Å². The van der Waals surface area contributed by atoms with E-state index in [4.69, 9.17) is 0 Å². The van der Waals surface area contributed by atoms with E-state index in [0.29, 0.717) is 5.56 Å². The zero-order valence-corrected chi connectivity index (χ0v) is 11.8. The van der Waals surface area contributed by atoms with Crippen molar-refractivity contribution in [2.45, 2.75) is 18.7 Å². The Kier molecular flexibility index (Phi) is 3.67. The fraction of sp³-hybridized carbons (Fsp3) is 0.143. The molecule has 0 aromatic heterocycles. The van der Waals surface area contributed by atoms with Crippen LogP contribution in [-0.4, -0.2) is 13.5 Å². The molecule has 0 fully saturated rings. The molecule has 0 aliphatic heterocycles. The van der Waals surface area contributed by atoms with E-state index in [-0.39, 0.29) is 16.3 Å². The van der Waals surface area contributed by atoms with Gasteiger partial charge < -0.3 is 5.11 Å². The number of hydrogen-bond donors (Lipinski definition) is 2. The van der Waals surface area contributed by atoms with E-state index in [9.17, 15) is 17.9 Å². The van der Waals surface area contributed by atoms with Crippen molar-refractivity contribution in [1.82, 2.24) is 0 Å². The number of nitrogens with one attached hydrogen (secondary N) is 1. The number of phenolic OH excluding ortho intramolecular Hbond substituents is 1. The fourth-order valence-corrected chi connectivity index (χ4v) is 3.14. The zero-order chi connectivity index (χ0) is 14.9. The van der Waals surface area contributed by atoms with Crippen LogP contribution < -0.4 is 4.72 Å². The van der Waals surface area contributed by atoms with Gasteiger partial charge in [0.25, 0.3) is 10.0 Å². The quantitative estimate of drug-likeness (QED) is 0.856.